The van der Waals surface area contributed by atoms with Gasteiger partial charge in [0.25, 0.3) is 0 Å². The van der Waals surface area contributed by atoms with Crippen molar-refractivity contribution in [1.82, 2.24) is 0 Å². The summed E-state index contributed by atoms with van der Waals surface area (Å²) < 4.78 is 0. The summed E-state index contributed by atoms with van der Waals surface area (Å²) >= 11 is 0. The molecule has 0 amide bonds. The van der Waals surface area contributed by atoms with E-state index < -0.39 is 0 Å². The molecule has 0 saturated carbocycles. The summed E-state index contributed by atoms with van der Waals surface area (Å²) in [6.07, 6.45) is 0. The fourth-order valence-corrected chi connectivity index (χ4v) is 1.22. The summed E-state index contributed by atoms with van der Waals surface area (Å²) in [7, 11) is 2.06. The third-order valence-corrected chi connectivity index (χ3v) is 2.13. The minimum absolute atomic E-state index is 0.274. The molecule has 0 fully saturated rings. The molecular weight excluding hydrogens is 198 g/mol. The van der Waals surface area contributed by atoms with Gasteiger partial charge >= 0.3 is 0 Å². The van der Waals surface area contributed by atoms with Gasteiger partial charge in [0.15, 0.2) is 0 Å². The molecule has 0 radical (unpaired) electrons. The predicted molar refractivity (Wildman–Crippen MR) is 69.6 cm³/mol. The Morgan fingerprint density at radius 3 is 2.56 bits per heavy atom. The van der Waals surface area contributed by atoms with Crippen LogP contribution in [0.15, 0.2) is 40.3 Å². The molecule has 0 bridgehead atoms. The van der Waals surface area contributed by atoms with Gasteiger partial charge in [0.2, 0.25) is 0 Å². The van der Waals surface area contributed by atoms with Crippen LogP contribution >= 0.6 is 0 Å². The smallest absolute Gasteiger partial charge is 0.0895 e. The molecule has 1 rings (SSSR count). The first kappa shape index (κ1) is 12.5. The average molecular weight is 217 g/mol. The largest absolute Gasteiger partial charge is 0.373 e. The highest BCUT2D eigenvalue weighted by atomic mass is 15.1. The van der Waals surface area contributed by atoms with E-state index in [1.807, 2.05) is 32.0 Å². The van der Waals surface area contributed by atoms with E-state index in [0.29, 0.717) is 0 Å². The van der Waals surface area contributed by atoms with Crippen molar-refractivity contribution in [3.8, 4) is 0 Å². The first-order chi connectivity index (χ1) is 7.70. The number of hydrogen-bond donors (Lipinski definition) is 0. The molecule has 0 heterocycles. The molecule has 0 aliphatic rings. The standard InChI is InChI=1S/C13H19N3/c1-12(2)15-11-14-9-10-16(3)13-7-5-4-6-8-13/h4-8,12H,9-10H2,1-3H3. The van der Waals surface area contributed by atoms with Gasteiger partial charge in [-0.15, -0.1) is 0 Å². The van der Waals surface area contributed by atoms with E-state index >= 15 is 0 Å². The number of para-hydroxylation sites is 1. The fraction of sp³-hybridized carbons (Fsp3) is 0.462. The molecule has 0 unspecified atom stereocenters. The van der Waals surface area contributed by atoms with Crippen molar-refractivity contribution >= 4 is 11.7 Å². The highest BCUT2D eigenvalue weighted by Crippen LogP contribution is 2.09. The van der Waals surface area contributed by atoms with Crippen molar-refractivity contribution in [2.45, 2.75) is 19.9 Å². The van der Waals surface area contributed by atoms with Gasteiger partial charge in [-0.2, -0.15) is 0 Å². The third kappa shape index (κ3) is 4.76. The van der Waals surface area contributed by atoms with E-state index in [9.17, 15) is 0 Å². The average Bonchev–Trinajstić information content (AvgIpc) is 2.29. The second-order valence-electron chi connectivity index (χ2n) is 3.96. The maximum Gasteiger partial charge on any atom is 0.0895 e. The van der Waals surface area contributed by atoms with Gasteiger partial charge in [-0.1, -0.05) is 18.2 Å². The molecule has 0 spiro atoms. The molecule has 0 aliphatic carbocycles. The van der Waals surface area contributed by atoms with Crippen LogP contribution in [0.1, 0.15) is 13.8 Å². The summed E-state index contributed by atoms with van der Waals surface area (Å²) in [5.74, 6) is 0. The van der Waals surface area contributed by atoms with Crippen molar-refractivity contribution in [3.05, 3.63) is 30.3 Å². The van der Waals surface area contributed by atoms with Gasteiger partial charge < -0.3 is 4.90 Å². The monoisotopic (exact) mass is 217 g/mol. The van der Waals surface area contributed by atoms with Crippen LogP contribution in [0.4, 0.5) is 5.69 Å². The minimum Gasteiger partial charge on any atom is -0.373 e. The van der Waals surface area contributed by atoms with Gasteiger partial charge in [-0.25, -0.2) is 9.98 Å². The molecular formula is C13H19N3. The Hall–Kier alpha value is -1.60. The first-order valence-electron chi connectivity index (χ1n) is 5.57. The lowest BCUT2D eigenvalue weighted by molar-refractivity contribution is 0.836. The Morgan fingerprint density at radius 1 is 1.25 bits per heavy atom. The molecule has 16 heavy (non-hydrogen) atoms. The molecule has 86 valence electrons. The third-order valence-electron chi connectivity index (χ3n) is 2.13. The molecule has 0 saturated heterocycles. The lowest BCUT2D eigenvalue weighted by atomic mass is 10.3. The number of aliphatic imine (C=N–C) groups is 2. The zero-order chi connectivity index (χ0) is 11.8. The van der Waals surface area contributed by atoms with E-state index in [4.69, 9.17) is 0 Å². The first-order valence-corrected chi connectivity index (χ1v) is 5.57. The Labute approximate surface area is 97.5 Å². The van der Waals surface area contributed by atoms with Crippen molar-refractivity contribution in [2.75, 3.05) is 25.0 Å². The minimum atomic E-state index is 0.274. The molecule has 1 aromatic carbocycles. The van der Waals surface area contributed by atoms with Gasteiger partial charge in [-0.05, 0) is 26.0 Å². The van der Waals surface area contributed by atoms with Crippen LogP contribution in [0.5, 0.6) is 0 Å². The lowest BCUT2D eigenvalue weighted by Gasteiger charge is -2.17. The second kappa shape index (κ2) is 6.81. The number of rotatable bonds is 5. The Kier molecular flexibility index (Phi) is 5.30. The number of hydrogen-bond acceptors (Lipinski definition) is 3. The van der Waals surface area contributed by atoms with Gasteiger partial charge in [0.1, 0.15) is 0 Å². The maximum atomic E-state index is 4.12. The summed E-state index contributed by atoms with van der Waals surface area (Å²) in [5.41, 5.74) is 1.21. The van der Waals surface area contributed by atoms with Crippen molar-refractivity contribution in [1.29, 1.82) is 0 Å². The van der Waals surface area contributed by atoms with E-state index in [0.717, 1.165) is 13.1 Å². The summed E-state index contributed by atoms with van der Waals surface area (Å²) in [5, 5.41) is 0. The van der Waals surface area contributed by atoms with E-state index in [-0.39, 0.29) is 6.04 Å². The number of benzene rings is 1. The van der Waals surface area contributed by atoms with Crippen LogP contribution in [-0.4, -0.2) is 32.2 Å². The Balaban J connectivity index is 2.37. The van der Waals surface area contributed by atoms with E-state index in [2.05, 4.69) is 40.1 Å². The van der Waals surface area contributed by atoms with Crippen LogP contribution < -0.4 is 4.90 Å². The molecule has 0 aromatic heterocycles. The van der Waals surface area contributed by atoms with E-state index in [1.165, 1.54) is 5.69 Å². The second-order valence-corrected chi connectivity index (χ2v) is 3.96. The van der Waals surface area contributed by atoms with Crippen LogP contribution in [0.2, 0.25) is 0 Å². The Bertz CT molecular complexity index is 351. The number of anilines is 1. The van der Waals surface area contributed by atoms with Crippen LogP contribution in [0.3, 0.4) is 0 Å². The van der Waals surface area contributed by atoms with Crippen LogP contribution in [0.25, 0.3) is 0 Å². The quantitative estimate of drug-likeness (QED) is 0.697. The fourth-order valence-electron chi connectivity index (χ4n) is 1.22. The van der Waals surface area contributed by atoms with Crippen LogP contribution in [0, 0.1) is 0 Å². The van der Waals surface area contributed by atoms with Crippen molar-refractivity contribution in [3.63, 3.8) is 0 Å². The highest BCUT2D eigenvalue weighted by Gasteiger charge is 1.97. The summed E-state index contributed by atoms with van der Waals surface area (Å²) in [6, 6.07) is 13.3. The maximum absolute atomic E-state index is 4.12. The summed E-state index contributed by atoms with van der Waals surface area (Å²) in [4.78, 5) is 10.3. The normalized spacial score (nSPS) is 9.75. The van der Waals surface area contributed by atoms with Crippen molar-refractivity contribution in [2.24, 2.45) is 9.98 Å². The highest BCUT2D eigenvalue weighted by molar-refractivity contribution is 5.45. The number of likely N-dealkylation sites (N-methyl/N-ethyl adjacent to an activating group) is 1. The SMILES string of the molecule is CC(C)N=C=NCCN(C)c1ccccc1. The molecule has 1 aromatic rings. The van der Waals surface area contributed by atoms with Gasteiger partial charge in [0, 0.05) is 19.3 Å². The zero-order valence-corrected chi connectivity index (χ0v) is 10.2. The number of nitrogens with zero attached hydrogens (tertiary/aromatic N) is 3. The van der Waals surface area contributed by atoms with Crippen molar-refractivity contribution < 1.29 is 0 Å². The van der Waals surface area contributed by atoms with Gasteiger partial charge in [-0.3, -0.25) is 0 Å². The zero-order valence-electron chi connectivity index (χ0n) is 10.2. The molecule has 0 aliphatic heterocycles. The lowest BCUT2D eigenvalue weighted by Crippen LogP contribution is -2.20. The topological polar surface area (TPSA) is 28.0 Å². The molecule has 0 N–H and O–H groups in total. The van der Waals surface area contributed by atoms with Gasteiger partial charge in [0.05, 0.1) is 18.6 Å². The Morgan fingerprint density at radius 2 is 1.94 bits per heavy atom. The predicted octanol–water partition coefficient (Wildman–Crippen LogP) is 2.71. The molecule has 3 nitrogen and oxygen atoms in total. The van der Waals surface area contributed by atoms with E-state index in [1.54, 1.807) is 0 Å². The van der Waals surface area contributed by atoms with Crippen LogP contribution in [-0.2, 0) is 0 Å². The molecule has 0 atom stereocenters. The molecule has 3 heteroatoms. The summed E-state index contributed by atoms with van der Waals surface area (Å²) in [6.45, 7) is 5.63.